The molecule has 1 amide bonds. The van der Waals surface area contributed by atoms with Gasteiger partial charge in [-0.15, -0.1) is 24.0 Å². The number of aromatic amines is 1. The monoisotopic (exact) mass is 508 g/mol. The molecule has 1 fully saturated rings. The van der Waals surface area contributed by atoms with Gasteiger partial charge in [-0.2, -0.15) is 5.10 Å². The van der Waals surface area contributed by atoms with Crippen LogP contribution < -0.4 is 10.2 Å². The van der Waals surface area contributed by atoms with E-state index in [1.54, 1.807) is 22.8 Å². The number of nitrogens with zero attached hydrogens (tertiary/aromatic N) is 6. The number of aliphatic imine (C=N–C) groups is 1. The minimum absolute atomic E-state index is 0. The molecule has 2 aromatic heterocycles. The van der Waals surface area contributed by atoms with Crippen molar-refractivity contribution in [2.45, 2.75) is 13.5 Å². The van der Waals surface area contributed by atoms with Crippen molar-refractivity contribution >= 4 is 52.6 Å². The number of amides is 1. The molecule has 9 nitrogen and oxygen atoms in total. The molecule has 3 heterocycles. The van der Waals surface area contributed by atoms with E-state index >= 15 is 0 Å². The summed E-state index contributed by atoms with van der Waals surface area (Å²) in [6, 6.07) is 6.14. The third-order valence-corrected chi connectivity index (χ3v) is 4.84. The van der Waals surface area contributed by atoms with Gasteiger partial charge >= 0.3 is 0 Å². The Kier molecular flexibility index (Phi) is 6.40. The first-order valence-corrected chi connectivity index (χ1v) is 9.23. The lowest BCUT2D eigenvalue weighted by Crippen LogP contribution is -2.55. The molecule has 1 aromatic carbocycles. The lowest BCUT2D eigenvalue weighted by molar-refractivity contribution is -0.120. The molecule has 0 aliphatic carbocycles. The number of hydrogen-bond donors (Lipinski definition) is 2. The maximum absolute atomic E-state index is 12.6. The number of H-pyrrole nitrogens is 1. The highest BCUT2D eigenvalue weighted by molar-refractivity contribution is 14.0. The number of fused-ring (bicyclic) bond motifs is 1. The minimum atomic E-state index is 0. The second-order valence-corrected chi connectivity index (χ2v) is 6.94. The van der Waals surface area contributed by atoms with Crippen molar-refractivity contribution in [3.8, 4) is 0 Å². The summed E-state index contributed by atoms with van der Waals surface area (Å²) in [5, 5.41) is 7.45. The Morgan fingerprint density at radius 3 is 2.86 bits per heavy atom. The smallest absolute Gasteiger partial charge is 0.246 e. The minimum Gasteiger partial charge on any atom is -0.349 e. The van der Waals surface area contributed by atoms with Crippen molar-refractivity contribution in [3.05, 3.63) is 42.0 Å². The number of benzene rings is 1. The van der Waals surface area contributed by atoms with Gasteiger partial charge in [0.1, 0.15) is 12.4 Å². The summed E-state index contributed by atoms with van der Waals surface area (Å²) in [6.07, 6.45) is 3.56. The van der Waals surface area contributed by atoms with E-state index < -0.39 is 0 Å². The molecular weight excluding hydrogens is 483 g/mol. The maximum atomic E-state index is 12.6. The third kappa shape index (κ3) is 4.52. The summed E-state index contributed by atoms with van der Waals surface area (Å²) in [5.74, 6) is 1.55. The molecule has 1 saturated heterocycles. The molecule has 4 rings (SSSR count). The Labute approximate surface area is 186 Å². The lowest BCUT2D eigenvalue weighted by Gasteiger charge is -2.35. The van der Waals surface area contributed by atoms with Gasteiger partial charge in [-0.3, -0.25) is 14.5 Å². The normalized spacial score (nSPS) is 15.0. The highest BCUT2D eigenvalue weighted by Crippen LogP contribution is 2.16. The molecule has 1 aliphatic rings. The number of hydrogen-bond acceptors (Lipinski definition) is 4. The van der Waals surface area contributed by atoms with Crippen LogP contribution >= 0.6 is 24.0 Å². The molecule has 3 aromatic rings. The molecule has 0 bridgehead atoms. The van der Waals surface area contributed by atoms with Crippen LogP contribution in [0, 0.1) is 6.92 Å². The summed E-state index contributed by atoms with van der Waals surface area (Å²) in [5.41, 5.74) is 3.98. The Balaban J connectivity index is 0.00000240. The number of aryl methyl sites for hydroxylation is 2. The fourth-order valence-electron chi connectivity index (χ4n) is 3.43. The summed E-state index contributed by atoms with van der Waals surface area (Å²) < 4.78 is 1.70. The molecule has 1 aliphatic heterocycles. The first kappa shape index (κ1) is 21.1. The van der Waals surface area contributed by atoms with Crippen LogP contribution in [-0.2, 0) is 18.4 Å². The zero-order valence-corrected chi connectivity index (χ0v) is 19.0. The van der Waals surface area contributed by atoms with Gasteiger partial charge in [0.05, 0.1) is 29.5 Å². The van der Waals surface area contributed by atoms with Gasteiger partial charge < -0.3 is 20.1 Å². The number of carbonyl (C=O) groups is 1. The van der Waals surface area contributed by atoms with Crippen molar-refractivity contribution in [2.75, 3.05) is 31.6 Å². The van der Waals surface area contributed by atoms with Crippen LogP contribution in [0.1, 0.15) is 11.4 Å². The third-order valence-electron chi connectivity index (χ3n) is 4.84. The van der Waals surface area contributed by atoms with Crippen LogP contribution in [0.15, 0.2) is 35.6 Å². The molecule has 0 unspecified atom stereocenters. The number of nitrogens with one attached hydrogen (secondary N) is 2. The van der Waals surface area contributed by atoms with Gasteiger partial charge in [-0.05, 0) is 24.6 Å². The van der Waals surface area contributed by atoms with Crippen molar-refractivity contribution in [1.82, 2.24) is 30.0 Å². The molecular formula is C19H25IN8O. The lowest BCUT2D eigenvalue weighted by atomic mass is 10.2. The van der Waals surface area contributed by atoms with Crippen molar-refractivity contribution in [2.24, 2.45) is 12.0 Å². The van der Waals surface area contributed by atoms with Crippen molar-refractivity contribution in [3.63, 3.8) is 0 Å². The predicted molar refractivity (Wildman–Crippen MR) is 124 cm³/mol. The molecule has 0 atom stereocenters. The molecule has 10 heteroatoms. The quantitative estimate of drug-likeness (QED) is 0.319. The molecule has 154 valence electrons. The van der Waals surface area contributed by atoms with E-state index in [0.29, 0.717) is 25.6 Å². The second-order valence-electron chi connectivity index (χ2n) is 6.94. The molecule has 0 saturated carbocycles. The SMILES string of the molecule is CN=C(NCc1nc2ccc(C)cc2[nH]1)N1CCN(c2cnn(C)c2)C(=O)C1.I. The zero-order valence-electron chi connectivity index (χ0n) is 16.7. The van der Waals surface area contributed by atoms with E-state index in [-0.39, 0.29) is 36.4 Å². The Morgan fingerprint density at radius 2 is 2.17 bits per heavy atom. The van der Waals surface area contributed by atoms with E-state index in [1.165, 1.54) is 5.56 Å². The Hall–Kier alpha value is -2.63. The van der Waals surface area contributed by atoms with Gasteiger partial charge in [0.15, 0.2) is 5.96 Å². The summed E-state index contributed by atoms with van der Waals surface area (Å²) in [6.45, 7) is 4.13. The second kappa shape index (κ2) is 8.80. The van der Waals surface area contributed by atoms with Crippen LogP contribution in [0.5, 0.6) is 0 Å². The van der Waals surface area contributed by atoms with E-state index in [9.17, 15) is 4.79 Å². The van der Waals surface area contributed by atoms with E-state index in [2.05, 4.69) is 38.4 Å². The fourth-order valence-corrected chi connectivity index (χ4v) is 3.43. The topological polar surface area (TPSA) is 94.4 Å². The number of guanidine groups is 1. The van der Waals surface area contributed by atoms with Crippen LogP contribution in [0.3, 0.4) is 0 Å². The van der Waals surface area contributed by atoms with Gasteiger partial charge in [0.25, 0.3) is 0 Å². The highest BCUT2D eigenvalue weighted by atomic mass is 127. The first-order valence-electron chi connectivity index (χ1n) is 9.23. The van der Waals surface area contributed by atoms with E-state index in [0.717, 1.165) is 22.5 Å². The summed E-state index contributed by atoms with van der Waals surface area (Å²) in [4.78, 5) is 28.6. The molecule has 2 N–H and O–H groups in total. The number of imidazole rings is 1. The Bertz CT molecular complexity index is 1040. The summed E-state index contributed by atoms with van der Waals surface area (Å²) in [7, 11) is 3.57. The van der Waals surface area contributed by atoms with Crippen molar-refractivity contribution < 1.29 is 4.79 Å². The fraction of sp³-hybridized carbons (Fsp3) is 0.368. The number of aromatic nitrogens is 4. The number of halogens is 1. The van der Waals surface area contributed by atoms with Crippen LogP contribution in [0.25, 0.3) is 11.0 Å². The first-order chi connectivity index (χ1) is 13.5. The highest BCUT2D eigenvalue weighted by Gasteiger charge is 2.27. The van der Waals surface area contributed by atoms with E-state index in [1.807, 2.05) is 30.3 Å². The molecule has 29 heavy (non-hydrogen) atoms. The van der Waals surface area contributed by atoms with Crippen LogP contribution in [0.4, 0.5) is 5.69 Å². The van der Waals surface area contributed by atoms with Gasteiger partial charge in [0, 0.05) is 33.4 Å². The standard InChI is InChI=1S/C19H24N8O.HI/c1-13-4-5-15-16(8-13)24-17(23-15)10-21-19(20-2)26-6-7-27(18(28)12-26)14-9-22-25(3)11-14;/h4-5,8-9,11H,6-7,10,12H2,1-3H3,(H,20,21)(H,23,24);1H. The molecule has 0 spiro atoms. The number of rotatable bonds is 3. The largest absolute Gasteiger partial charge is 0.349 e. The zero-order chi connectivity index (χ0) is 19.7. The maximum Gasteiger partial charge on any atom is 0.246 e. The summed E-state index contributed by atoms with van der Waals surface area (Å²) >= 11 is 0. The molecule has 0 radical (unpaired) electrons. The van der Waals surface area contributed by atoms with Crippen LogP contribution in [-0.4, -0.2) is 63.2 Å². The van der Waals surface area contributed by atoms with Gasteiger partial charge in [-0.1, -0.05) is 6.07 Å². The number of carbonyl (C=O) groups excluding carboxylic acids is 1. The number of anilines is 1. The predicted octanol–water partition coefficient (Wildman–Crippen LogP) is 1.65. The van der Waals surface area contributed by atoms with Gasteiger partial charge in [0.2, 0.25) is 5.91 Å². The average molecular weight is 508 g/mol. The van der Waals surface area contributed by atoms with Crippen molar-refractivity contribution in [1.29, 1.82) is 0 Å². The van der Waals surface area contributed by atoms with E-state index in [4.69, 9.17) is 0 Å². The number of piperazine rings is 1. The van der Waals surface area contributed by atoms with Gasteiger partial charge in [-0.25, -0.2) is 4.98 Å². The van der Waals surface area contributed by atoms with Crippen LogP contribution in [0.2, 0.25) is 0 Å². The average Bonchev–Trinajstić information content (AvgIpc) is 3.27. The Morgan fingerprint density at radius 1 is 1.34 bits per heavy atom.